The van der Waals surface area contributed by atoms with Crippen molar-refractivity contribution in [2.75, 3.05) is 20.7 Å². The van der Waals surface area contributed by atoms with Gasteiger partial charge in [-0.2, -0.15) is 0 Å². The molecule has 2 N–H and O–H groups in total. The number of unbranched alkanes of at least 4 members (excludes halogenated alkanes) is 13. The third-order valence-corrected chi connectivity index (χ3v) is 4.84. The Balaban J connectivity index is 0.00000227. The molecule has 0 fully saturated rings. The lowest BCUT2D eigenvalue weighted by atomic mass is 9.80. The smallest absolute Gasteiger partial charge is 0.217 e. The molecule has 0 saturated carbocycles. The predicted octanol–water partition coefficient (Wildman–Crippen LogP) is 4.05. The van der Waals surface area contributed by atoms with Crippen LogP contribution in [0.4, 0.5) is 0 Å². The van der Waals surface area contributed by atoms with E-state index in [0.717, 1.165) is 11.9 Å². The summed E-state index contributed by atoms with van der Waals surface area (Å²) in [6.45, 7) is 2.86. The fraction of sp³-hybridized carbons (Fsp3) is 0.750. The Morgan fingerprint density at radius 1 is 0.714 bits per heavy atom. The maximum Gasteiger partial charge on any atom is 0.217 e. The Kier molecular flexibility index (Phi) is 21.8. The van der Waals surface area contributed by atoms with Crippen LogP contribution in [0.1, 0.15) is 96.8 Å². The third kappa shape index (κ3) is 18.5. The Hall–Kier alpha value is -0.835. The van der Waals surface area contributed by atoms with E-state index in [1.807, 2.05) is 49.7 Å². The van der Waals surface area contributed by atoms with Crippen molar-refractivity contribution >= 4 is 12.6 Å². The molecule has 3 nitrogen and oxygen atoms in total. The van der Waals surface area contributed by atoms with Crippen LogP contribution in [0.2, 0.25) is 0 Å². The maximum absolute atomic E-state index is 11.8. The quantitative estimate of drug-likeness (QED) is 0.322. The van der Waals surface area contributed by atoms with Crippen molar-refractivity contribution in [2.24, 2.45) is 0 Å². The number of benzene rings is 1. The fourth-order valence-electron chi connectivity index (χ4n) is 3.19. The van der Waals surface area contributed by atoms with Gasteiger partial charge in [0.15, 0.2) is 0 Å². The van der Waals surface area contributed by atoms with Crippen LogP contribution in [0.25, 0.3) is 0 Å². The molecule has 0 saturated heterocycles. The largest absolute Gasteiger partial charge is 0.853 e. The van der Waals surface area contributed by atoms with Crippen LogP contribution in [0, 0.1) is 0 Å². The molecule has 28 heavy (non-hydrogen) atoms. The average Bonchev–Trinajstić information content (AvgIpc) is 2.72. The van der Waals surface area contributed by atoms with Gasteiger partial charge in [0.1, 0.15) is 0 Å². The van der Waals surface area contributed by atoms with E-state index in [4.69, 9.17) is 4.65 Å². The highest BCUT2D eigenvalue weighted by atomic mass is 16.5. The van der Waals surface area contributed by atoms with Gasteiger partial charge in [-0.25, -0.2) is 0 Å². The van der Waals surface area contributed by atoms with Gasteiger partial charge in [-0.3, -0.25) is 0 Å². The van der Waals surface area contributed by atoms with Gasteiger partial charge in [0, 0.05) is 6.61 Å². The summed E-state index contributed by atoms with van der Waals surface area (Å²) in [5.41, 5.74) is 0.730. The molecule has 0 aliphatic carbocycles. The first kappa shape index (κ1) is 27.2. The van der Waals surface area contributed by atoms with Crippen molar-refractivity contribution in [1.82, 2.24) is 0 Å². The first-order chi connectivity index (χ1) is 13.8. The minimum absolute atomic E-state index is 0.584. The Labute approximate surface area is 175 Å². The van der Waals surface area contributed by atoms with Gasteiger partial charge in [0.05, 0.1) is 14.1 Å². The van der Waals surface area contributed by atoms with E-state index >= 15 is 0 Å². The van der Waals surface area contributed by atoms with E-state index in [-0.39, 0.29) is 0 Å². The van der Waals surface area contributed by atoms with Crippen LogP contribution < -0.4 is 15.8 Å². The van der Waals surface area contributed by atoms with E-state index in [2.05, 4.69) is 6.92 Å². The second-order valence-corrected chi connectivity index (χ2v) is 7.79. The van der Waals surface area contributed by atoms with Gasteiger partial charge in [0.25, 0.3) is 0 Å². The molecule has 0 aliphatic heterocycles. The van der Waals surface area contributed by atoms with Crippen molar-refractivity contribution < 1.29 is 15.0 Å². The van der Waals surface area contributed by atoms with E-state index in [1.54, 1.807) is 0 Å². The molecule has 0 radical (unpaired) electrons. The van der Waals surface area contributed by atoms with Crippen LogP contribution in [-0.4, -0.2) is 27.8 Å². The van der Waals surface area contributed by atoms with Crippen molar-refractivity contribution in [3.05, 3.63) is 30.3 Å². The summed E-state index contributed by atoms with van der Waals surface area (Å²) in [7, 11) is 2.98. The highest BCUT2D eigenvalue weighted by Crippen LogP contribution is 2.12. The molecule has 1 aromatic rings. The SMILES string of the molecule is CCCCCCCCCCCCCCCCOB([O-])c1ccccc1.C[NH2+]C. The molecule has 0 atom stereocenters. The molecule has 0 amide bonds. The van der Waals surface area contributed by atoms with Gasteiger partial charge < -0.3 is 15.0 Å². The minimum atomic E-state index is -1.02. The second-order valence-electron chi connectivity index (χ2n) is 7.79. The van der Waals surface area contributed by atoms with Gasteiger partial charge in [-0.1, -0.05) is 126 Å². The summed E-state index contributed by atoms with van der Waals surface area (Å²) < 4.78 is 5.38. The summed E-state index contributed by atoms with van der Waals surface area (Å²) in [5.74, 6) is 0. The predicted molar refractivity (Wildman–Crippen MR) is 122 cm³/mol. The minimum Gasteiger partial charge on any atom is -0.853 e. The summed E-state index contributed by atoms with van der Waals surface area (Å²) in [4.78, 5) is 0. The van der Waals surface area contributed by atoms with E-state index in [0.29, 0.717) is 6.61 Å². The zero-order valence-electron chi connectivity index (χ0n) is 19.0. The lowest BCUT2D eigenvalue weighted by Crippen LogP contribution is -2.74. The number of hydrogen-bond acceptors (Lipinski definition) is 2. The first-order valence-corrected chi connectivity index (χ1v) is 11.8. The number of rotatable bonds is 17. The molecular weight excluding hydrogens is 345 g/mol. The van der Waals surface area contributed by atoms with E-state index < -0.39 is 7.12 Å². The zero-order chi connectivity index (χ0) is 20.7. The van der Waals surface area contributed by atoms with Crippen LogP contribution in [0.3, 0.4) is 0 Å². The van der Waals surface area contributed by atoms with Gasteiger partial charge in [0.2, 0.25) is 7.12 Å². The normalized spacial score (nSPS) is 10.4. The molecule has 0 heterocycles. The molecular formula is C24H46BNO2. The molecule has 0 unspecified atom stereocenters. The van der Waals surface area contributed by atoms with Crippen molar-refractivity contribution in [2.45, 2.75) is 96.8 Å². The first-order valence-electron chi connectivity index (χ1n) is 11.8. The van der Waals surface area contributed by atoms with Gasteiger partial charge >= 0.3 is 0 Å². The van der Waals surface area contributed by atoms with Crippen molar-refractivity contribution in [1.29, 1.82) is 0 Å². The second kappa shape index (κ2) is 22.5. The Morgan fingerprint density at radius 3 is 1.54 bits per heavy atom. The fourth-order valence-corrected chi connectivity index (χ4v) is 3.19. The van der Waals surface area contributed by atoms with Crippen LogP contribution >= 0.6 is 0 Å². The molecule has 162 valence electrons. The van der Waals surface area contributed by atoms with Crippen LogP contribution in [0.5, 0.6) is 0 Å². The summed E-state index contributed by atoms with van der Waals surface area (Å²) in [6, 6.07) is 9.36. The lowest BCUT2D eigenvalue weighted by Gasteiger charge is -2.19. The third-order valence-electron chi connectivity index (χ3n) is 4.84. The van der Waals surface area contributed by atoms with E-state index in [1.165, 1.54) is 83.5 Å². The van der Waals surface area contributed by atoms with Crippen molar-refractivity contribution in [3.8, 4) is 0 Å². The highest BCUT2D eigenvalue weighted by molar-refractivity contribution is 6.58. The van der Waals surface area contributed by atoms with Gasteiger partial charge in [-0.15, -0.1) is 0 Å². The number of hydrogen-bond donors (Lipinski definition) is 1. The maximum atomic E-state index is 11.8. The zero-order valence-corrected chi connectivity index (χ0v) is 19.0. The molecule has 0 bridgehead atoms. The Morgan fingerprint density at radius 2 is 1.11 bits per heavy atom. The molecule has 1 rings (SSSR count). The summed E-state index contributed by atoms with van der Waals surface area (Å²) >= 11 is 0. The van der Waals surface area contributed by atoms with Crippen LogP contribution in [-0.2, 0) is 4.65 Å². The number of quaternary nitrogens is 1. The number of nitrogens with two attached hydrogens (primary N) is 1. The molecule has 1 aromatic carbocycles. The summed E-state index contributed by atoms with van der Waals surface area (Å²) in [6.07, 6.45) is 18.9. The van der Waals surface area contributed by atoms with Crippen molar-refractivity contribution in [3.63, 3.8) is 0 Å². The van der Waals surface area contributed by atoms with Crippen LogP contribution in [0.15, 0.2) is 30.3 Å². The Bertz CT molecular complexity index is 403. The van der Waals surface area contributed by atoms with Gasteiger partial charge in [-0.05, 0) is 6.42 Å². The molecule has 0 aromatic heterocycles. The standard InChI is InChI=1S/C22H38BO2.C2H7N/c1-2-3-4-5-6-7-8-9-10-11-12-13-14-18-21-25-23(24)22-19-16-15-17-20-22;1-3-2/h15-17,19-20H,2-14,18,21H2,1H3;3H,1-2H3/q-1;/p+1. The summed E-state index contributed by atoms with van der Waals surface area (Å²) in [5, 5.41) is 13.8. The lowest BCUT2D eigenvalue weighted by molar-refractivity contribution is -0.597. The highest BCUT2D eigenvalue weighted by Gasteiger charge is 2.01. The molecule has 4 heteroatoms. The monoisotopic (exact) mass is 391 g/mol. The molecule has 0 aliphatic rings. The topological polar surface area (TPSA) is 48.9 Å². The molecule has 0 spiro atoms. The van der Waals surface area contributed by atoms with E-state index in [9.17, 15) is 5.02 Å². The average molecular weight is 391 g/mol.